The number of nitrogens with one attached hydrogen (secondary N) is 1. The molecule has 1 N–H and O–H groups in total. The molecule has 0 saturated heterocycles. The Hall–Kier alpha value is -3.63. The third-order valence-electron chi connectivity index (χ3n) is 5.91. The number of fused-ring (bicyclic) bond motifs is 1. The lowest BCUT2D eigenvalue weighted by Gasteiger charge is -2.18. The second-order valence-corrected chi connectivity index (χ2v) is 11.8. The molecular formula is C29H30F2N2O5S. The number of carbonyl (C=O) groups is 1. The summed E-state index contributed by atoms with van der Waals surface area (Å²) in [6.07, 6.45) is 2.79. The largest absolute Gasteiger partial charge is 0.488 e. The van der Waals surface area contributed by atoms with Crippen LogP contribution in [-0.4, -0.2) is 26.5 Å². The van der Waals surface area contributed by atoms with Crippen LogP contribution in [0.4, 0.5) is 8.78 Å². The summed E-state index contributed by atoms with van der Waals surface area (Å²) in [6.45, 7) is 7.09. The molecule has 2 heterocycles. The lowest BCUT2D eigenvalue weighted by Crippen LogP contribution is -2.33. The number of carbonyl (C=O) groups excluding carboxylic acids is 1. The number of hydrogen-bond acceptors (Lipinski definition) is 6. The predicted molar refractivity (Wildman–Crippen MR) is 145 cm³/mol. The normalized spacial score (nSPS) is 12.5. The Kier molecular flexibility index (Phi) is 8.76. The van der Waals surface area contributed by atoms with Gasteiger partial charge in [0.2, 0.25) is 0 Å². The maximum Gasteiger partial charge on any atom is 0.310 e. The van der Waals surface area contributed by atoms with Gasteiger partial charge in [0.05, 0.1) is 52.8 Å². The van der Waals surface area contributed by atoms with E-state index in [2.05, 4.69) is 9.71 Å². The maximum atomic E-state index is 16.0. The van der Waals surface area contributed by atoms with Crippen molar-refractivity contribution < 1.29 is 31.7 Å². The van der Waals surface area contributed by atoms with Crippen LogP contribution in [0.2, 0.25) is 0 Å². The molecule has 0 aliphatic carbocycles. The molecule has 7 nitrogen and oxygen atoms in total. The smallest absolute Gasteiger partial charge is 0.310 e. The molecule has 0 aliphatic heterocycles. The summed E-state index contributed by atoms with van der Waals surface area (Å²) in [5.74, 6) is -1.44. The number of hydrogen-bond donors (Lipinski definition) is 1. The van der Waals surface area contributed by atoms with Crippen molar-refractivity contribution in [3.8, 4) is 16.9 Å². The van der Waals surface area contributed by atoms with Crippen LogP contribution < -0.4 is 9.46 Å². The molecule has 0 amide bonds. The lowest BCUT2D eigenvalue weighted by molar-refractivity contribution is -0.142. The third kappa shape index (κ3) is 6.51. The summed E-state index contributed by atoms with van der Waals surface area (Å²) in [7, 11) is -1.44. The minimum Gasteiger partial charge on any atom is -0.488 e. The first-order valence-corrected chi connectivity index (χ1v) is 13.6. The summed E-state index contributed by atoms with van der Waals surface area (Å²) >= 11 is 0. The first-order valence-electron chi connectivity index (χ1n) is 12.4. The molecule has 0 fully saturated rings. The number of benzene rings is 2. The summed E-state index contributed by atoms with van der Waals surface area (Å²) < 4.78 is 62.8. The molecule has 0 radical (unpaired) electrons. The lowest BCUT2D eigenvalue weighted by atomic mass is 9.99. The van der Waals surface area contributed by atoms with Crippen molar-refractivity contribution in [1.29, 1.82) is 0 Å². The Bertz CT molecular complexity index is 1510. The molecule has 10 heteroatoms. The zero-order chi connectivity index (χ0) is 28.2. The summed E-state index contributed by atoms with van der Waals surface area (Å²) in [5, 5.41) is 0.564. The second kappa shape index (κ2) is 12.0. The van der Waals surface area contributed by atoms with Crippen molar-refractivity contribution in [3.05, 3.63) is 83.4 Å². The topological polar surface area (TPSA) is 90.7 Å². The van der Waals surface area contributed by atoms with Gasteiger partial charge in [0.1, 0.15) is 23.8 Å². The van der Waals surface area contributed by atoms with Crippen molar-refractivity contribution >= 4 is 27.9 Å². The highest BCUT2D eigenvalue weighted by atomic mass is 32.2. The number of para-hydroxylation sites is 1. The van der Waals surface area contributed by atoms with E-state index in [4.69, 9.17) is 13.9 Å². The van der Waals surface area contributed by atoms with Gasteiger partial charge in [0.15, 0.2) is 5.82 Å². The number of ether oxygens (including phenoxy) is 2. The second-order valence-electron chi connectivity index (χ2n) is 9.76. The summed E-state index contributed by atoms with van der Waals surface area (Å²) in [5.41, 5.74) is 0.861. The standard InChI is InChI=1S/C29H30F2N2O5S/c1-5-36-24(34)15-18-8-6-7-9-23(18)38-17-20-14-19-11-13-37-28(19)25(26(20)30)21-10-12-32-22(27(21)31)16-33-39(35)29(2,3)4/h6-14,33H,5,15-17H2,1-4H3. The van der Waals surface area contributed by atoms with Crippen LogP contribution in [0.15, 0.2) is 59.3 Å². The molecule has 1 atom stereocenters. The highest BCUT2D eigenvalue weighted by Crippen LogP contribution is 2.36. The van der Waals surface area contributed by atoms with Gasteiger partial charge in [-0.2, -0.15) is 0 Å². The van der Waals surface area contributed by atoms with Gasteiger partial charge in [-0.25, -0.2) is 17.7 Å². The average molecular weight is 557 g/mol. The Balaban J connectivity index is 1.66. The van der Waals surface area contributed by atoms with E-state index in [1.54, 1.807) is 64.1 Å². The zero-order valence-corrected chi connectivity index (χ0v) is 23.0. The molecule has 4 aromatic rings. The average Bonchev–Trinajstić information content (AvgIpc) is 3.35. The van der Waals surface area contributed by atoms with E-state index in [9.17, 15) is 9.00 Å². The first kappa shape index (κ1) is 28.4. The molecule has 0 saturated carbocycles. The molecule has 0 bridgehead atoms. The van der Waals surface area contributed by atoms with Gasteiger partial charge in [0.25, 0.3) is 0 Å². The van der Waals surface area contributed by atoms with E-state index in [0.717, 1.165) is 0 Å². The van der Waals surface area contributed by atoms with Gasteiger partial charge in [-0.15, -0.1) is 0 Å². The Morgan fingerprint density at radius 1 is 1.10 bits per heavy atom. The van der Waals surface area contributed by atoms with E-state index in [1.807, 2.05) is 0 Å². The van der Waals surface area contributed by atoms with Crippen molar-refractivity contribution in [2.75, 3.05) is 6.61 Å². The molecule has 206 valence electrons. The van der Waals surface area contributed by atoms with Crippen molar-refractivity contribution in [2.45, 2.75) is 52.0 Å². The van der Waals surface area contributed by atoms with Crippen LogP contribution >= 0.6 is 0 Å². The summed E-state index contributed by atoms with van der Waals surface area (Å²) in [4.78, 5) is 16.1. The molecule has 0 aliphatic rings. The van der Waals surface area contributed by atoms with Gasteiger partial charge in [-0.1, -0.05) is 18.2 Å². The number of pyridine rings is 1. The number of nitrogens with zero attached hydrogens (tertiary/aromatic N) is 1. The fourth-order valence-corrected chi connectivity index (χ4v) is 4.66. The van der Waals surface area contributed by atoms with E-state index >= 15 is 8.78 Å². The number of rotatable bonds is 10. The van der Waals surface area contributed by atoms with Gasteiger partial charge in [0, 0.05) is 28.3 Å². The Morgan fingerprint density at radius 3 is 2.62 bits per heavy atom. The third-order valence-corrected chi connectivity index (χ3v) is 7.43. The molecule has 0 spiro atoms. The van der Waals surface area contributed by atoms with Crippen LogP contribution in [0.1, 0.15) is 44.5 Å². The minimum atomic E-state index is -1.44. The molecule has 2 aromatic carbocycles. The molecular weight excluding hydrogens is 526 g/mol. The number of aromatic nitrogens is 1. The van der Waals surface area contributed by atoms with Crippen LogP contribution in [-0.2, 0) is 40.1 Å². The molecule has 1 unspecified atom stereocenters. The van der Waals surface area contributed by atoms with E-state index in [0.29, 0.717) is 16.7 Å². The molecule has 39 heavy (non-hydrogen) atoms. The number of halogens is 2. The molecule has 2 aromatic heterocycles. The maximum absolute atomic E-state index is 16.0. The highest BCUT2D eigenvalue weighted by molar-refractivity contribution is 7.84. The molecule has 4 rings (SSSR count). The van der Waals surface area contributed by atoms with E-state index in [1.165, 1.54) is 18.5 Å². The van der Waals surface area contributed by atoms with Crippen LogP contribution in [0.25, 0.3) is 22.1 Å². The van der Waals surface area contributed by atoms with Gasteiger partial charge < -0.3 is 13.9 Å². The van der Waals surface area contributed by atoms with Crippen LogP contribution in [0.5, 0.6) is 5.75 Å². The van der Waals surface area contributed by atoms with Crippen molar-refractivity contribution in [1.82, 2.24) is 9.71 Å². The van der Waals surface area contributed by atoms with Crippen LogP contribution in [0, 0.1) is 11.6 Å². The monoisotopic (exact) mass is 556 g/mol. The Morgan fingerprint density at radius 2 is 1.87 bits per heavy atom. The summed E-state index contributed by atoms with van der Waals surface area (Å²) in [6, 6.07) is 11.6. The van der Waals surface area contributed by atoms with Gasteiger partial charge in [-0.3, -0.25) is 9.78 Å². The van der Waals surface area contributed by atoms with Gasteiger partial charge in [-0.05, 0) is 52.0 Å². The first-order chi connectivity index (χ1) is 18.6. The number of esters is 1. The van der Waals surface area contributed by atoms with Crippen molar-refractivity contribution in [3.63, 3.8) is 0 Å². The Labute approximate surface area is 228 Å². The number of furan rings is 1. The van der Waals surface area contributed by atoms with Crippen LogP contribution in [0.3, 0.4) is 0 Å². The fraction of sp³-hybridized carbons (Fsp3) is 0.310. The van der Waals surface area contributed by atoms with E-state index < -0.39 is 33.3 Å². The predicted octanol–water partition coefficient (Wildman–Crippen LogP) is 6.01. The minimum absolute atomic E-state index is 0.00116. The van der Waals surface area contributed by atoms with E-state index in [-0.39, 0.29) is 54.1 Å². The SMILES string of the molecule is CCOC(=O)Cc1ccccc1OCc1cc2ccoc2c(-c2ccnc(CNS(=O)C(C)(C)C)c2F)c1F. The zero-order valence-electron chi connectivity index (χ0n) is 22.2. The van der Waals surface area contributed by atoms with Gasteiger partial charge >= 0.3 is 5.97 Å². The fourth-order valence-electron chi connectivity index (χ4n) is 3.96. The highest BCUT2D eigenvalue weighted by Gasteiger charge is 2.24. The quantitative estimate of drug-likeness (QED) is 0.241. The van der Waals surface area contributed by atoms with Crippen molar-refractivity contribution in [2.24, 2.45) is 0 Å².